The summed E-state index contributed by atoms with van der Waals surface area (Å²) in [5, 5.41) is 14.8. The lowest BCUT2D eigenvalue weighted by molar-refractivity contribution is -0.122. The third kappa shape index (κ3) is 4.55. The summed E-state index contributed by atoms with van der Waals surface area (Å²) >= 11 is 3.22. The molecule has 0 heterocycles. The third-order valence-corrected chi connectivity index (χ3v) is 2.99. The lowest BCUT2D eigenvalue weighted by Gasteiger charge is -2.14. The molecule has 1 unspecified atom stereocenters. The normalized spacial score (nSPS) is 11.7. The zero-order chi connectivity index (χ0) is 14.4. The number of phenolic OH excluding ortho intramolecular Hbond substituents is 1. The number of benzene rings is 1. The molecule has 2 amide bonds. The predicted molar refractivity (Wildman–Crippen MR) is 76.0 cm³/mol. The van der Waals surface area contributed by atoms with Crippen LogP contribution in [0.15, 0.2) is 22.7 Å². The first-order valence-corrected chi connectivity index (χ1v) is 6.82. The highest BCUT2D eigenvalue weighted by Gasteiger charge is 2.18. The van der Waals surface area contributed by atoms with Crippen LogP contribution < -0.4 is 10.6 Å². The topological polar surface area (TPSA) is 78.4 Å². The molecule has 0 aromatic heterocycles. The number of halogens is 1. The van der Waals surface area contributed by atoms with Crippen LogP contribution >= 0.6 is 15.9 Å². The van der Waals surface area contributed by atoms with E-state index >= 15 is 0 Å². The largest absolute Gasteiger partial charge is 0.507 e. The Bertz CT molecular complexity index is 477. The summed E-state index contributed by atoms with van der Waals surface area (Å²) in [7, 11) is 0. The van der Waals surface area contributed by atoms with Gasteiger partial charge in [-0.3, -0.25) is 9.59 Å². The molecular weight excluding hydrogens is 312 g/mol. The van der Waals surface area contributed by atoms with Gasteiger partial charge < -0.3 is 15.7 Å². The third-order valence-electron chi connectivity index (χ3n) is 2.49. The first kappa shape index (κ1) is 15.5. The average Bonchev–Trinajstić information content (AvgIpc) is 2.38. The minimum absolute atomic E-state index is 0.123. The molecule has 5 nitrogen and oxygen atoms in total. The molecule has 19 heavy (non-hydrogen) atoms. The fourth-order valence-corrected chi connectivity index (χ4v) is 1.79. The first-order valence-electron chi connectivity index (χ1n) is 6.02. The predicted octanol–water partition coefficient (Wildman–Crippen LogP) is 1.80. The fraction of sp³-hybridized carbons (Fsp3) is 0.385. The highest BCUT2D eigenvalue weighted by Crippen LogP contribution is 2.21. The molecule has 0 saturated carbocycles. The summed E-state index contributed by atoms with van der Waals surface area (Å²) in [5.41, 5.74) is 0.129. The summed E-state index contributed by atoms with van der Waals surface area (Å²) in [6.07, 6.45) is 0.832. The van der Waals surface area contributed by atoms with Crippen molar-refractivity contribution in [1.82, 2.24) is 10.6 Å². The monoisotopic (exact) mass is 328 g/mol. The number of aromatic hydroxyl groups is 1. The molecule has 1 atom stereocenters. The Balaban J connectivity index is 2.68. The van der Waals surface area contributed by atoms with E-state index in [1.165, 1.54) is 12.1 Å². The molecule has 0 fully saturated rings. The molecule has 0 bridgehead atoms. The Morgan fingerprint density at radius 1 is 1.42 bits per heavy atom. The maximum Gasteiger partial charge on any atom is 0.255 e. The van der Waals surface area contributed by atoms with Gasteiger partial charge in [-0.25, -0.2) is 0 Å². The second-order valence-corrected chi connectivity index (χ2v) is 5.06. The minimum atomic E-state index is -0.655. The maximum absolute atomic E-state index is 11.9. The van der Waals surface area contributed by atoms with Crippen molar-refractivity contribution < 1.29 is 14.7 Å². The van der Waals surface area contributed by atoms with Crippen LogP contribution in [0.1, 0.15) is 30.6 Å². The average molecular weight is 329 g/mol. The van der Waals surface area contributed by atoms with E-state index in [9.17, 15) is 14.7 Å². The first-order chi connectivity index (χ1) is 8.95. The number of hydrogen-bond donors (Lipinski definition) is 3. The number of hydrogen-bond acceptors (Lipinski definition) is 3. The Hall–Kier alpha value is -1.56. The van der Waals surface area contributed by atoms with Gasteiger partial charge in [0.2, 0.25) is 5.91 Å². The van der Waals surface area contributed by atoms with E-state index in [0.717, 1.165) is 6.42 Å². The summed E-state index contributed by atoms with van der Waals surface area (Å²) in [4.78, 5) is 23.6. The highest BCUT2D eigenvalue weighted by atomic mass is 79.9. The van der Waals surface area contributed by atoms with E-state index in [1.54, 1.807) is 13.0 Å². The van der Waals surface area contributed by atoms with Crippen molar-refractivity contribution in [3.05, 3.63) is 28.2 Å². The van der Waals surface area contributed by atoms with Crippen LogP contribution in [0.25, 0.3) is 0 Å². The highest BCUT2D eigenvalue weighted by molar-refractivity contribution is 9.10. The number of phenols is 1. The number of rotatable bonds is 5. The van der Waals surface area contributed by atoms with Gasteiger partial charge in [0.1, 0.15) is 11.8 Å². The van der Waals surface area contributed by atoms with Gasteiger partial charge in [-0.2, -0.15) is 0 Å². The molecule has 1 aromatic rings. The van der Waals surface area contributed by atoms with Gasteiger partial charge in [-0.15, -0.1) is 0 Å². The van der Waals surface area contributed by atoms with Crippen molar-refractivity contribution in [3.63, 3.8) is 0 Å². The van der Waals surface area contributed by atoms with E-state index in [1.807, 2.05) is 6.92 Å². The van der Waals surface area contributed by atoms with Crippen LogP contribution in [-0.4, -0.2) is 29.5 Å². The molecular formula is C13H17BrN2O3. The number of amides is 2. The van der Waals surface area contributed by atoms with Crippen LogP contribution in [0.4, 0.5) is 0 Å². The molecule has 1 aromatic carbocycles. The number of nitrogens with one attached hydrogen (secondary N) is 2. The summed E-state index contributed by atoms with van der Waals surface area (Å²) in [6.45, 7) is 4.11. The van der Waals surface area contributed by atoms with E-state index in [4.69, 9.17) is 0 Å². The minimum Gasteiger partial charge on any atom is -0.507 e. The van der Waals surface area contributed by atoms with Gasteiger partial charge in [0, 0.05) is 11.0 Å². The van der Waals surface area contributed by atoms with Crippen LogP contribution in [0.2, 0.25) is 0 Å². The zero-order valence-electron chi connectivity index (χ0n) is 10.9. The van der Waals surface area contributed by atoms with E-state index < -0.39 is 11.9 Å². The fourth-order valence-electron chi connectivity index (χ4n) is 1.43. The van der Waals surface area contributed by atoms with Gasteiger partial charge in [0.05, 0.1) is 5.56 Å². The standard InChI is InChI=1S/C13H17BrN2O3/c1-3-6-15-12(18)8(2)16-13(19)10-7-9(14)4-5-11(10)17/h4-5,7-8,17H,3,6H2,1-2H3,(H,15,18)(H,16,19). The maximum atomic E-state index is 11.9. The lowest BCUT2D eigenvalue weighted by Crippen LogP contribution is -2.45. The Labute approximate surface area is 120 Å². The SMILES string of the molecule is CCCNC(=O)C(C)NC(=O)c1cc(Br)ccc1O. The summed E-state index contributed by atoms with van der Waals surface area (Å²) in [5.74, 6) is -0.857. The van der Waals surface area contributed by atoms with E-state index in [0.29, 0.717) is 11.0 Å². The second kappa shape index (κ2) is 7.13. The Morgan fingerprint density at radius 2 is 2.11 bits per heavy atom. The van der Waals surface area contributed by atoms with E-state index in [-0.39, 0.29) is 17.2 Å². The number of carbonyl (C=O) groups is 2. The second-order valence-electron chi connectivity index (χ2n) is 4.15. The molecule has 0 radical (unpaired) electrons. The molecule has 0 aliphatic rings. The van der Waals surface area contributed by atoms with Gasteiger partial charge in [-0.05, 0) is 31.5 Å². The lowest BCUT2D eigenvalue weighted by atomic mass is 10.1. The summed E-state index contributed by atoms with van der Waals surface area (Å²) in [6, 6.07) is 3.89. The molecule has 1 rings (SSSR count). The van der Waals surface area contributed by atoms with Crippen LogP contribution in [0.3, 0.4) is 0 Å². The van der Waals surface area contributed by atoms with Gasteiger partial charge in [0.25, 0.3) is 5.91 Å². The molecule has 0 aliphatic heterocycles. The van der Waals surface area contributed by atoms with Crippen molar-refractivity contribution in [2.24, 2.45) is 0 Å². The number of carbonyl (C=O) groups excluding carboxylic acids is 2. The van der Waals surface area contributed by atoms with Crippen LogP contribution in [-0.2, 0) is 4.79 Å². The molecule has 3 N–H and O–H groups in total. The van der Waals surface area contributed by atoms with Gasteiger partial charge in [-0.1, -0.05) is 22.9 Å². The summed E-state index contributed by atoms with van der Waals surface area (Å²) < 4.78 is 0.679. The smallest absolute Gasteiger partial charge is 0.255 e. The van der Waals surface area contributed by atoms with Crippen molar-refractivity contribution >= 4 is 27.7 Å². The van der Waals surface area contributed by atoms with Crippen molar-refractivity contribution in [2.45, 2.75) is 26.3 Å². The zero-order valence-corrected chi connectivity index (χ0v) is 12.5. The quantitative estimate of drug-likeness (QED) is 0.771. The van der Waals surface area contributed by atoms with Crippen LogP contribution in [0, 0.1) is 0 Å². The molecule has 6 heteroatoms. The van der Waals surface area contributed by atoms with Crippen molar-refractivity contribution in [3.8, 4) is 5.75 Å². The molecule has 0 aliphatic carbocycles. The molecule has 104 valence electrons. The Morgan fingerprint density at radius 3 is 2.74 bits per heavy atom. The van der Waals surface area contributed by atoms with Crippen molar-refractivity contribution in [1.29, 1.82) is 0 Å². The van der Waals surface area contributed by atoms with E-state index in [2.05, 4.69) is 26.6 Å². The van der Waals surface area contributed by atoms with Crippen molar-refractivity contribution in [2.75, 3.05) is 6.54 Å². The van der Waals surface area contributed by atoms with Gasteiger partial charge >= 0.3 is 0 Å². The molecule has 0 spiro atoms. The Kier molecular flexibility index (Phi) is 5.82. The van der Waals surface area contributed by atoms with Crippen LogP contribution in [0.5, 0.6) is 5.75 Å². The molecule has 0 saturated heterocycles. The van der Waals surface area contributed by atoms with Gasteiger partial charge in [0.15, 0.2) is 0 Å².